The minimum Gasteiger partial charge on any atom is -0.385 e. The van der Waals surface area contributed by atoms with Crippen molar-refractivity contribution in [2.45, 2.75) is 33.1 Å². The van der Waals surface area contributed by atoms with Crippen LogP contribution in [0.2, 0.25) is 0 Å². The molecule has 0 fully saturated rings. The number of hydrogen-bond donors (Lipinski definition) is 2. The van der Waals surface area contributed by atoms with E-state index in [0.717, 1.165) is 43.9 Å². The quantitative estimate of drug-likeness (QED) is 0.681. The Balaban J connectivity index is 2.42. The summed E-state index contributed by atoms with van der Waals surface area (Å²) in [5.74, 6) is 0.708. The molecule has 112 valence electrons. The van der Waals surface area contributed by atoms with Crippen LogP contribution in [-0.4, -0.2) is 37.7 Å². The largest absolute Gasteiger partial charge is 0.385 e. The van der Waals surface area contributed by atoms with E-state index in [4.69, 9.17) is 4.74 Å². The Kier molecular flexibility index (Phi) is 7.65. The first kappa shape index (κ1) is 16.4. The second-order valence-electron chi connectivity index (χ2n) is 4.72. The molecule has 1 aromatic rings. The van der Waals surface area contributed by atoms with Crippen molar-refractivity contribution in [3.8, 4) is 0 Å². The zero-order valence-corrected chi connectivity index (χ0v) is 12.7. The molecule has 0 bridgehead atoms. The van der Waals surface area contributed by atoms with Gasteiger partial charge in [-0.3, -0.25) is 4.79 Å². The number of rotatable bonds is 9. The molecule has 20 heavy (non-hydrogen) atoms. The van der Waals surface area contributed by atoms with Crippen LogP contribution in [0.15, 0.2) is 12.1 Å². The molecule has 0 saturated heterocycles. The second kappa shape index (κ2) is 9.31. The van der Waals surface area contributed by atoms with Gasteiger partial charge in [0.15, 0.2) is 0 Å². The molecule has 0 aromatic carbocycles. The Hall–Kier alpha value is -1.62. The van der Waals surface area contributed by atoms with E-state index in [1.165, 1.54) is 0 Å². The van der Waals surface area contributed by atoms with Gasteiger partial charge in [0.05, 0.1) is 0 Å². The van der Waals surface area contributed by atoms with Crippen molar-refractivity contribution >= 4 is 11.7 Å². The number of aromatic nitrogens is 1. The molecular weight excluding hydrogens is 254 g/mol. The van der Waals surface area contributed by atoms with E-state index in [1.807, 2.05) is 13.8 Å². The molecule has 5 nitrogen and oxygen atoms in total. The van der Waals surface area contributed by atoms with Gasteiger partial charge < -0.3 is 15.4 Å². The van der Waals surface area contributed by atoms with Crippen LogP contribution in [0, 0.1) is 6.92 Å². The summed E-state index contributed by atoms with van der Waals surface area (Å²) in [7, 11) is 1.70. The number of amides is 1. The molecule has 0 radical (unpaired) electrons. The number of pyridine rings is 1. The lowest BCUT2D eigenvalue weighted by Crippen LogP contribution is -2.24. The molecule has 0 aliphatic rings. The van der Waals surface area contributed by atoms with E-state index in [0.29, 0.717) is 12.1 Å². The van der Waals surface area contributed by atoms with Crippen LogP contribution < -0.4 is 10.6 Å². The fourth-order valence-corrected chi connectivity index (χ4v) is 1.92. The third kappa shape index (κ3) is 6.02. The molecule has 1 aromatic heterocycles. The van der Waals surface area contributed by atoms with Gasteiger partial charge in [-0.1, -0.05) is 0 Å². The van der Waals surface area contributed by atoms with Crippen molar-refractivity contribution in [2.24, 2.45) is 0 Å². The number of ether oxygens (including phenoxy) is 1. The lowest BCUT2D eigenvalue weighted by molar-refractivity contribution is 0.0952. The first-order valence-electron chi connectivity index (χ1n) is 7.17. The molecule has 1 amide bonds. The van der Waals surface area contributed by atoms with Gasteiger partial charge in [0, 0.05) is 38.1 Å². The predicted octanol–water partition coefficient (Wildman–Crippen LogP) is 2.37. The Bertz CT molecular complexity index is 422. The van der Waals surface area contributed by atoms with Crippen LogP contribution in [-0.2, 0) is 4.74 Å². The summed E-state index contributed by atoms with van der Waals surface area (Å²) >= 11 is 0. The topological polar surface area (TPSA) is 63.2 Å². The maximum atomic E-state index is 12.1. The van der Waals surface area contributed by atoms with Crippen molar-refractivity contribution in [2.75, 3.05) is 32.1 Å². The number of nitrogens with zero attached hydrogens (tertiary/aromatic N) is 1. The van der Waals surface area contributed by atoms with E-state index >= 15 is 0 Å². The molecule has 0 atom stereocenters. The van der Waals surface area contributed by atoms with E-state index in [1.54, 1.807) is 19.2 Å². The Labute approximate surface area is 121 Å². The number of carbonyl (C=O) groups is 1. The molecule has 1 heterocycles. The molecule has 0 saturated carbocycles. The van der Waals surface area contributed by atoms with Gasteiger partial charge >= 0.3 is 0 Å². The van der Waals surface area contributed by atoms with Crippen LogP contribution in [0.4, 0.5) is 5.82 Å². The minimum absolute atomic E-state index is 0.0404. The second-order valence-corrected chi connectivity index (χ2v) is 4.72. The number of methoxy groups -OCH3 is 1. The summed E-state index contributed by atoms with van der Waals surface area (Å²) in [5.41, 5.74) is 1.50. The average molecular weight is 279 g/mol. The lowest BCUT2D eigenvalue weighted by atomic mass is 10.2. The highest BCUT2D eigenvalue weighted by Crippen LogP contribution is 2.10. The molecule has 0 aliphatic carbocycles. The Morgan fingerprint density at radius 3 is 2.80 bits per heavy atom. The number of aryl methyl sites for hydroxylation is 1. The highest BCUT2D eigenvalue weighted by atomic mass is 16.5. The molecule has 0 spiro atoms. The normalized spacial score (nSPS) is 10.3. The maximum Gasteiger partial charge on any atom is 0.251 e. The number of unbranched alkanes of at least 4 members (excludes halogenated alkanes) is 2. The third-order valence-corrected chi connectivity index (χ3v) is 2.88. The molecule has 0 aliphatic heterocycles. The summed E-state index contributed by atoms with van der Waals surface area (Å²) in [6.07, 6.45) is 3.07. The van der Waals surface area contributed by atoms with Gasteiger partial charge in [-0.15, -0.1) is 0 Å². The SMILES string of the molecule is CCNc1cc(C(=O)NCCCCCOC)cc(C)n1. The number of hydrogen-bond acceptors (Lipinski definition) is 4. The molecule has 5 heteroatoms. The van der Waals surface area contributed by atoms with E-state index in [2.05, 4.69) is 15.6 Å². The van der Waals surface area contributed by atoms with Gasteiger partial charge in [-0.05, 0) is 45.2 Å². The van der Waals surface area contributed by atoms with Crippen molar-refractivity contribution in [3.05, 3.63) is 23.4 Å². The molecule has 0 unspecified atom stereocenters. The first-order chi connectivity index (χ1) is 9.67. The van der Waals surface area contributed by atoms with Crippen molar-refractivity contribution < 1.29 is 9.53 Å². The molecule has 2 N–H and O–H groups in total. The number of nitrogens with one attached hydrogen (secondary N) is 2. The van der Waals surface area contributed by atoms with Gasteiger partial charge in [-0.2, -0.15) is 0 Å². The van der Waals surface area contributed by atoms with Crippen LogP contribution in [0.5, 0.6) is 0 Å². The zero-order chi connectivity index (χ0) is 14.8. The fourth-order valence-electron chi connectivity index (χ4n) is 1.92. The maximum absolute atomic E-state index is 12.1. The lowest BCUT2D eigenvalue weighted by Gasteiger charge is -2.08. The first-order valence-corrected chi connectivity index (χ1v) is 7.17. The summed E-state index contributed by atoms with van der Waals surface area (Å²) in [4.78, 5) is 16.4. The van der Waals surface area contributed by atoms with Crippen molar-refractivity contribution in [3.63, 3.8) is 0 Å². The average Bonchev–Trinajstić information content (AvgIpc) is 2.42. The summed E-state index contributed by atoms with van der Waals surface area (Å²) in [5, 5.41) is 6.07. The Morgan fingerprint density at radius 1 is 1.30 bits per heavy atom. The van der Waals surface area contributed by atoms with Gasteiger partial charge in [0.25, 0.3) is 5.91 Å². The van der Waals surface area contributed by atoms with Gasteiger partial charge in [0.2, 0.25) is 0 Å². The highest BCUT2D eigenvalue weighted by Gasteiger charge is 2.07. The van der Waals surface area contributed by atoms with Crippen LogP contribution in [0.25, 0.3) is 0 Å². The summed E-state index contributed by atoms with van der Waals surface area (Å²) < 4.78 is 4.99. The fraction of sp³-hybridized carbons (Fsp3) is 0.600. The number of carbonyl (C=O) groups excluding carboxylic acids is 1. The highest BCUT2D eigenvalue weighted by molar-refractivity contribution is 5.94. The third-order valence-electron chi connectivity index (χ3n) is 2.88. The summed E-state index contributed by atoms with van der Waals surface area (Å²) in [6.45, 7) is 6.16. The predicted molar refractivity (Wildman–Crippen MR) is 81.2 cm³/mol. The van der Waals surface area contributed by atoms with Crippen LogP contribution >= 0.6 is 0 Å². The molecule has 1 rings (SSSR count). The molecular formula is C15H25N3O2. The van der Waals surface area contributed by atoms with E-state index < -0.39 is 0 Å². The zero-order valence-electron chi connectivity index (χ0n) is 12.7. The van der Waals surface area contributed by atoms with E-state index in [-0.39, 0.29) is 5.91 Å². The van der Waals surface area contributed by atoms with E-state index in [9.17, 15) is 4.79 Å². The summed E-state index contributed by atoms with van der Waals surface area (Å²) in [6, 6.07) is 3.60. The Morgan fingerprint density at radius 2 is 2.10 bits per heavy atom. The van der Waals surface area contributed by atoms with Crippen molar-refractivity contribution in [1.82, 2.24) is 10.3 Å². The van der Waals surface area contributed by atoms with Crippen LogP contribution in [0.3, 0.4) is 0 Å². The number of anilines is 1. The van der Waals surface area contributed by atoms with Crippen molar-refractivity contribution in [1.29, 1.82) is 0 Å². The monoisotopic (exact) mass is 279 g/mol. The standard InChI is InChI=1S/C15H25N3O2/c1-4-16-14-11-13(10-12(2)18-14)15(19)17-8-6-5-7-9-20-3/h10-11H,4-9H2,1-3H3,(H,16,18)(H,17,19). The van der Waals surface area contributed by atoms with Gasteiger partial charge in [0.1, 0.15) is 5.82 Å². The minimum atomic E-state index is -0.0404. The van der Waals surface area contributed by atoms with Gasteiger partial charge in [-0.25, -0.2) is 4.98 Å². The smallest absolute Gasteiger partial charge is 0.251 e. The van der Waals surface area contributed by atoms with Crippen LogP contribution in [0.1, 0.15) is 42.2 Å².